The summed E-state index contributed by atoms with van der Waals surface area (Å²) in [5.74, 6) is -0.396. The maximum Gasteiger partial charge on any atom is 0.232 e. The Balaban J connectivity index is 1.33. The molecule has 2 aliphatic rings. The Hall–Kier alpha value is -3.25. The number of fused-ring (bicyclic) bond motifs is 1. The number of hydrogen-bond donors (Lipinski definition) is 0. The van der Waals surface area contributed by atoms with Crippen molar-refractivity contribution in [1.29, 1.82) is 0 Å². The first-order chi connectivity index (χ1) is 16.3. The summed E-state index contributed by atoms with van der Waals surface area (Å²) in [5.41, 5.74) is 5.11. The van der Waals surface area contributed by atoms with Gasteiger partial charge in [-0.2, -0.15) is 10.2 Å². The summed E-state index contributed by atoms with van der Waals surface area (Å²) < 4.78 is 0. The van der Waals surface area contributed by atoms with E-state index in [1.807, 2.05) is 23.1 Å². The number of benzene rings is 2. The van der Waals surface area contributed by atoms with Gasteiger partial charge in [-0.3, -0.25) is 9.59 Å². The normalized spacial score (nSPS) is 18.9. The Morgan fingerprint density at radius 2 is 1.91 bits per heavy atom. The Bertz CT molecular complexity index is 1240. The fourth-order valence-electron chi connectivity index (χ4n) is 5.02. The molecule has 1 atom stereocenters. The molecule has 3 aromatic rings. The van der Waals surface area contributed by atoms with Gasteiger partial charge in [-0.15, -0.1) is 0 Å². The number of halogens is 1. The lowest BCUT2D eigenvalue weighted by Crippen LogP contribution is -2.39. The number of nitrogens with zero attached hydrogens (tertiary/aromatic N) is 4. The van der Waals surface area contributed by atoms with Crippen LogP contribution in [0.3, 0.4) is 0 Å². The monoisotopic (exact) mass is 474 g/mol. The topological polar surface area (TPSA) is 66.4 Å². The molecule has 1 fully saturated rings. The highest BCUT2D eigenvalue weighted by Crippen LogP contribution is 2.42. The molecular weight excluding hydrogens is 448 g/mol. The molecule has 174 valence electrons. The zero-order chi connectivity index (χ0) is 23.9. The van der Waals surface area contributed by atoms with E-state index >= 15 is 0 Å². The molecule has 2 aliphatic heterocycles. The molecule has 7 heteroatoms. The highest BCUT2D eigenvalue weighted by molar-refractivity contribution is 6.31. The lowest BCUT2D eigenvalue weighted by Gasteiger charge is -2.23. The van der Waals surface area contributed by atoms with Crippen molar-refractivity contribution in [2.45, 2.75) is 38.5 Å². The molecule has 1 aromatic heterocycles. The summed E-state index contributed by atoms with van der Waals surface area (Å²) >= 11 is 6.11. The Morgan fingerprint density at radius 1 is 1.09 bits per heavy atom. The van der Waals surface area contributed by atoms with Crippen molar-refractivity contribution in [2.75, 3.05) is 22.9 Å². The fraction of sp³-hybridized carbons (Fsp3) is 0.333. The Kier molecular flexibility index (Phi) is 5.86. The highest BCUT2D eigenvalue weighted by atomic mass is 35.5. The lowest BCUT2D eigenvalue weighted by molar-refractivity contribution is -0.124. The summed E-state index contributed by atoms with van der Waals surface area (Å²) in [4.78, 5) is 29.9. The second kappa shape index (κ2) is 8.84. The number of rotatable bonds is 5. The van der Waals surface area contributed by atoms with Crippen LogP contribution in [0.25, 0.3) is 0 Å². The zero-order valence-electron chi connectivity index (χ0n) is 19.4. The van der Waals surface area contributed by atoms with E-state index in [1.54, 1.807) is 29.4 Å². The predicted octanol–water partition coefficient (Wildman–Crippen LogP) is 4.59. The number of amides is 2. The van der Waals surface area contributed by atoms with Crippen molar-refractivity contribution in [1.82, 2.24) is 10.2 Å². The molecule has 0 radical (unpaired) electrons. The van der Waals surface area contributed by atoms with Gasteiger partial charge in [0.1, 0.15) is 0 Å². The predicted molar refractivity (Wildman–Crippen MR) is 133 cm³/mol. The van der Waals surface area contributed by atoms with Gasteiger partial charge in [0.15, 0.2) is 0 Å². The Labute approximate surface area is 204 Å². The van der Waals surface area contributed by atoms with E-state index in [1.165, 1.54) is 11.1 Å². The fourth-order valence-corrected chi connectivity index (χ4v) is 5.20. The molecular formula is C27H27ClN4O2. The second-order valence-corrected chi connectivity index (χ2v) is 10.2. The van der Waals surface area contributed by atoms with E-state index in [0.717, 1.165) is 29.8 Å². The first-order valence-electron chi connectivity index (χ1n) is 11.6. The molecule has 3 heterocycles. The minimum absolute atomic E-state index is 0.0142. The average Bonchev–Trinajstić information content (AvgIpc) is 3.35. The van der Waals surface area contributed by atoms with E-state index in [9.17, 15) is 9.59 Å². The van der Waals surface area contributed by atoms with Gasteiger partial charge in [-0.05, 0) is 59.9 Å². The number of aryl methyl sites for hydroxylation is 2. The van der Waals surface area contributed by atoms with Crippen molar-refractivity contribution in [2.24, 2.45) is 5.92 Å². The van der Waals surface area contributed by atoms with Gasteiger partial charge in [-0.25, -0.2) is 0 Å². The van der Waals surface area contributed by atoms with Crippen molar-refractivity contribution < 1.29 is 9.59 Å². The van der Waals surface area contributed by atoms with Gasteiger partial charge in [0, 0.05) is 47.5 Å². The van der Waals surface area contributed by atoms with E-state index in [4.69, 9.17) is 11.6 Å². The van der Waals surface area contributed by atoms with E-state index < -0.39 is 0 Å². The van der Waals surface area contributed by atoms with E-state index in [-0.39, 0.29) is 29.6 Å². The van der Waals surface area contributed by atoms with Crippen LogP contribution in [0.4, 0.5) is 11.4 Å². The van der Waals surface area contributed by atoms with Gasteiger partial charge in [0.05, 0.1) is 12.1 Å². The SMILES string of the molecule is CC1(C)CN(C(=O)[C@H]2CC(=O)N(c3cccc(Cl)c3)C2)c2ccc(CCc3ccnnc3)cc21. The van der Waals surface area contributed by atoms with Crippen molar-refractivity contribution in [3.8, 4) is 0 Å². The summed E-state index contributed by atoms with van der Waals surface area (Å²) in [6.45, 7) is 5.34. The first-order valence-corrected chi connectivity index (χ1v) is 12.0. The zero-order valence-corrected chi connectivity index (χ0v) is 20.1. The smallest absolute Gasteiger partial charge is 0.232 e. The van der Waals surface area contributed by atoms with Crippen LogP contribution in [0.15, 0.2) is 60.9 Å². The minimum atomic E-state index is -0.368. The van der Waals surface area contributed by atoms with Gasteiger partial charge in [0.2, 0.25) is 11.8 Å². The standard InChI is InChI=1S/C27H27ClN4O2/c1-27(2)17-32(24-9-8-18(12-23(24)27)6-7-19-10-11-29-30-15-19)26(34)20-13-25(33)31(16-20)22-5-3-4-21(28)14-22/h3-5,8-12,14-15,20H,6-7,13,16-17H2,1-2H3/t20-/m0/s1. The molecule has 0 saturated carbocycles. The summed E-state index contributed by atoms with van der Waals surface area (Å²) in [6.07, 6.45) is 5.52. The molecule has 0 unspecified atom stereocenters. The number of carbonyl (C=O) groups excluding carboxylic acids is 2. The average molecular weight is 475 g/mol. The van der Waals surface area contributed by atoms with E-state index in [2.05, 4.69) is 42.2 Å². The summed E-state index contributed by atoms with van der Waals surface area (Å²) in [6, 6.07) is 15.6. The van der Waals surface area contributed by atoms with E-state index in [0.29, 0.717) is 18.1 Å². The first kappa shape index (κ1) is 22.5. The largest absolute Gasteiger partial charge is 0.312 e. The molecule has 34 heavy (non-hydrogen) atoms. The molecule has 6 nitrogen and oxygen atoms in total. The van der Waals surface area contributed by atoms with Crippen molar-refractivity contribution >= 4 is 34.8 Å². The number of hydrogen-bond acceptors (Lipinski definition) is 4. The molecule has 0 spiro atoms. The van der Waals surface area contributed by atoms with Gasteiger partial charge < -0.3 is 9.80 Å². The van der Waals surface area contributed by atoms with Crippen LogP contribution in [-0.2, 0) is 27.8 Å². The quantitative estimate of drug-likeness (QED) is 0.542. The van der Waals surface area contributed by atoms with Crippen LogP contribution in [0.1, 0.15) is 37.0 Å². The third kappa shape index (κ3) is 4.30. The molecule has 5 rings (SSSR count). The molecule has 2 amide bonds. The van der Waals surface area contributed by atoms with Crippen LogP contribution in [-0.4, -0.2) is 35.1 Å². The van der Waals surface area contributed by atoms with Crippen LogP contribution in [0.2, 0.25) is 5.02 Å². The number of aromatic nitrogens is 2. The van der Waals surface area contributed by atoms with Gasteiger partial charge >= 0.3 is 0 Å². The van der Waals surface area contributed by atoms with Crippen molar-refractivity contribution in [3.63, 3.8) is 0 Å². The van der Waals surface area contributed by atoms with Gasteiger partial charge in [0.25, 0.3) is 0 Å². The highest BCUT2D eigenvalue weighted by Gasteiger charge is 2.43. The third-order valence-electron chi connectivity index (χ3n) is 6.84. The summed E-state index contributed by atoms with van der Waals surface area (Å²) in [5, 5.41) is 8.36. The van der Waals surface area contributed by atoms with Crippen LogP contribution in [0, 0.1) is 5.92 Å². The molecule has 0 N–H and O–H groups in total. The van der Waals surface area contributed by atoms with Crippen molar-refractivity contribution in [3.05, 3.63) is 82.6 Å². The molecule has 0 bridgehead atoms. The maximum absolute atomic E-state index is 13.6. The molecule has 0 aliphatic carbocycles. The summed E-state index contributed by atoms with van der Waals surface area (Å²) in [7, 11) is 0. The lowest BCUT2D eigenvalue weighted by atomic mass is 9.85. The number of anilines is 2. The van der Waals surface area contributed by atoms with Crippen LogP contribution < -0.4 is 9.80 Å². The van der Waals surface area contributed by atoms with Crippen LogP contribution >= 0.6 is 11.6 Å². The Morgan fingerprint density at radius 3 is 2.68 bits per heavy atom. The van der Waals surface area contributed by atoms with Gasteiger partial charge in [-0.1, -0.05) is 43.6 Å². The second-order valence-electron chi connectivity index (χ2n) is 9.80. The molecule has 2 aromatic carbocycles. The van der Waals surface area contributed by atoms with Crippen LogP contribution in [0.5, 0.6) is 0 Å². The molecule has 1 saturated heterocycles. The number of carbonyl (C=O) groups is 2. The minimum Gasteiger partial charge on any atom is -0.312 e. The third-order valence-corrected chi connectivity index (χ3v) is 7.08. The maximum atomic E-state index is 13.6.